The first kappa shape index (κ1) is 18.8. The highest BCUT2D eigenvalue weighted by Gasteiger charge is 2.47. The molecule has 0 bridgehead atoms. The van der Waals surface area contributed by atoms with Crippen molar-refractivity contribution in [3.8, 4) is 0 Å². The zero-order chi connectivity index (χ0) is 18.6. The van der Waals surface area contributed by atoms with Gasteiger partial charge >= 0.3 is 12.1 Å². The number of hydrogen-bond donors (Lipinski definition) is 2. The number of carbonyl (C=O) groups is 3. The van der Waals surface area contributed by atoms with Crippen molar-refractivity contribution in [2.45, 2.75) is 44.6 Å². The van der Waals surface area contributed by atoms with E-state index in [2.05, 4.69) is 10.6 Å². The maximum Gasteiger partial charge on any atom is 0.471 e. The summed E-state index contributed by atoms with van der Waals surface area (Å²) in [6, 6.07) is 1.11. The van der Waals surface area contributed by atoms with E-state index in [4.69, 9.17) is 4.42 Å². The van der Waals surface area contributed by atoms with Gasteiger partial charge in [0.1, 0.15) is 17.8 Å². The minimum absolute atomic E-state index is 0.119. The molecule has 2 atom stereocenters. The predicted molar refractivity (Wildman–Crippen MR) is 78.9 cm³/mol. The van der Waals surface area contributed by atoms with Crippen LogP contribution in [0.3, 0.4) is 0 Å². The van der Waals surface area contributed by atoms with Crippen LogP contribution in [0.1, 0.15) is 25.5 Å². The van der Waals surface area contributed by atoms with E-state index in [1.807, 2.05) is 0 Å². The highest BCUT2D eigenvalue weighted by Crippen LogP contribution is 2.25. The molecule has 0 spiro atoms. The van der Waals surface area contributed by atoms with Crippen molar-refractivity contribution in [3.05, 3.63) is 24.2 Å². The van der Waals surface area contributed by atoms with Crippen molar-refractivity contribution >= 4 is 17.7 Å². The third-order valence-corrected chi connectivity index (χ3v) is 3.83. The molecule has 1 aliphatic rings. The Morgan fingerprint density at radius 2 is 2.12 bits per heavy atom. The van der Waals surface area contributed by atoms with E-state index >= 15 is 0 Å². The van der Waals surface area contributed by atoms with Gasteiger partial charge in [-0.25, -0.2) is 0 Å². The fourth-order valence-electron chi connectivity index (χ4n) is 2.56. The first-order valence-electron chi connectivity index (χ1n) is 7.68. The number of rotatable bonds is 5. The Morgan fingerprint density at radius 3 is 2.72 bits per heavy atom. The van der Waals surface area contributed by atoms with Gasteiger partial charge in [0.25, 0.3) is 0 Å². The van der Waals surface area contributed by atoms with Crippen LogP contribution in [0.25, 0.3) is 0 Å². The van der Waals surface area contributed by atoms with Crippen LogP contribution in [0.2, 0.25) is 0 Å². The Kier molecular flexibility index (Phi) is 5.70. The van der Waals surface area contributed by atoms with E-state index in [0.717, 1.165) is 0 Å². The fourth-order valence-corrected chi connectivity index (χ4v) is 2.56. The Balaban J connectivity index is 1.89. The number of halogens is 3. The minimum Gasteiger partial charge on any atom is -0.467 e. The smallest absolute Gasteiger partial charge is 0.467 e. The summed E-state index contributed by atoms with van der Waals surface area (Å²) in [6.45, 7) is 1.38. The number of carbonyl (C=O) groups excluding carboxylic acids is 3. The van der Waals surface area contributed by atoms with E-state index < -0.39 is 36.0 Å². The highest BCUT2D eigenvalue weighted by molar-refractivity contribution is 5.93. The van der Waals surface area contributed by atoms with Gasteiger partial charge in [-0.1, -0.05) is 0 Å². The van der Waals surface area contributed by atoms with Crippen LogP contribution in [0.4, 0.5) is 13.2 Å². The number of hydrogen-bond acceptors (Lipinski definition) is 4. The summed E-state index contributed by atoms with van der Waals surface area (Å²) in [5.41, 5.74) is 0. The summed E-state index contributed by atoms with van der Waals surface area (Å²) in [4.78, 5) is 36.0. The molecular formula is C15H18F3N3O4. The molecule has 10 heteroatoms. The average molecular weight is 361 g/mol. The van der Waals surface area contributed by atoms with E-state index in [-0.39, 0.29) is 19.5 Å². The lowest BCUT2D eigenvalue weighted by molar-refractivity contribution is -0.186. The minimum atomic E-state index is -5.03. The number of nitrogens with one attached hydrogen (secondary N) is 2. The Hall–Kier alpha value is -2.52. The predicted octanol–water partition coefficient (Wildman–Crippen LogP) is 0.954. The molecule has 0 radical (unpaired) electrons. The van der Waals surface area contributed by atoms with Gasteiger partial charge in [-0.2, -0.15) is 13.2 Å². The zero-order valence-electron chi connectivity index (χ0n) is 13.4. The molecule has 7 nitrogen and oxygen atoms in total. The second-order valence-corrected chi connectivity index (χ2v) is 5.68. The molecule has 2 heterocycles. The van der Waals surface area contributed by atoms with Crippen molar-refractivity contribution in [1.82, 2.24) is 15.5 Å². The van der Waals surface area contributed by atoms with Crippen molar-refractivity contribution < 1.29 is 32.0 Å². The molecule has 1 aliphatic heterocycles. The summed E-state index contributed by atoms with van der Waals surface area (Å²) in [6.07, 6.45) is -3.18. The number of likely N-dealkylation sites (tertiary alicyclic amines) is 1. The normalized spacial score (nSPS) is 18.7. The fraction of sp³-hybridized carbons (Fsp3) is 0.533. The molecule has 0 saturated carbocycles. The molecule has 0 aliphatic carbocycles. The maximum atomic E-state index is 12.6. The van der Waals surface area contributed by atoms with Crippen molar-refractivity contribution in [1.29, 1.82) is 0 Å². The van der Waals surface area contributed by atoms with Crippen molar-refractivity contribution in [2.75, 3.05) is 6.54 Å². The molecule has 1 fully saturated rings. The number of nitrogens with zero attached hydrogens (tertiary/aromatic N) is 1. The van der Waals surface area contributed by atoms with E-state index in [1.54, 1.807) is 12.1 Å². The maximum absolute atomic E-state index is 12.6. The van der Waals surface area contributed by atoms with Crippen LogP contribution < -0.4 is 10.6 Å². The highest BCUT2D eigenvalue weighted by atomic mass is 19.4. The first-order valence-corrected chi connectivity index (χ1v) is 7.68. The molecule has 138 valence electrons. The lowest BCUT2D eigenvalue weighted by Crippen LogP contribution is -2.53. The second-order valence-electron chi connectivity index (χ2n) is 5.68. The molecule has 1 aromatic rings. The average Bonchev–Trinajstić information content (AvgIpc) is 3.21. The van der Waals surface area contributed by atoms with Gasteiger partial charge in [-0.15, -0.1) is 0 Å². The SMILES string of the molecule is C[C@H](NC(=O)C1CCCN1C(=O)C(F)(F)F)C(=O)NCc1ccco1. The van der Waals surface area contributed by atoms with Gasteiger partial charge in [0, 0.05) is 6.54 Å². The van der Waals surface area contributed by atoms with E-state index in [0.29, 0.717) is 17.1 Å². The van der Waals surface area contributed by atoms with Crippen molar-refractivity contribution in [3.63, 3.8) is 0 Å². The molecule has 0 aromatic carbocycles. The lowest BCUT2D eigenvalue weighted by Gasteiger charge is -2.25. The number of amides is 3. The van der Waals surface area contributed by atoms with Gasteiger partial charge in [-0.3, -0.25) is 14.4 Å². The number of furan rings is 1. The van der Waals surface area contributed by atoms with Gasteiger partial charge < -0.3 is 20.0 Å². The standard InChI is InChI=1S/C15H18F3N3O4/c1-9(12(22)19-8-10-4-3-7-25-10)20-13(23)11-5-2-6-21(11)14(24)15(16,17)18/h3-4,7,9,11H,2,5-6,8H2,1H3,(H,19,22)(H,20,23)/t9-,11?/m0/s1. The van der Waals surface area contributed by atoms with Gasteiger partial charge in [-0.05, 0) is 31.9 Å². The molecule has 1 unspecified atom stereocenters. The summed E-state index contributed by atoms with van der Waals surface area (Å²) in [5.74, 6) is -2.82. The zero-order valence-corrected chi connectivity index (χ0v) is 13.4. The monoisotopic (exact) mass is 361 g/mol. The van der Waals surface area contributed by atoms with E-state index in [9.17, 15) is 27.6 Å². The lowest BCUT2D eigenvalue weighted by atomic mass is 10.2. The molecule has 1 aromatic heterocycles. The summed E-state index contributed by atoms with van der Waals surface area (Å²) < 4.78 is 42.7. The Labute approximate surface area is 141 Å². The Morgan fingerprint density at radius 1 is 1.40 bits per heavy atom. The molecule has 25 heavy (non-hydrogen) atoms. The topological polar surface area (TPSA) is 91.7 Å². The van der Waals surface area contributed by atoms with Crippen LogP contribution in [0, 0.1) is 0 Å². The molecule has 1 saturated heterocycles. The van der Waals surface area contributed by atoms with E-state index in [1.165, 1.54) is 13.2 Å². The van der Waals surface area contributed by atoms with Gasteiger partial charge in [0.05, 0.1) is 12.8 Å². The van der Waals surface area contributed by atoms with Crippen LogP contribution in [-0.4, -0.2) is 47.4 Å². The van der Waals surface area contributed by atoms with Gasteiger partial charge in [0.2, 0.25) is 11.8 Å². The van der Waals surface area contributed by atoms with Crippen LogP contribution in [-0.2, 0) is 20.9 Å². The third-order valence-electron chi connectivity index (χ3n) is 3.83. The number of alkyl halides is 3. The molecule has 2 N–H and O–H groups in total. The summed E-state index contributed by atoms with van der Waals surface area (Å²) in [7, 11) is 0. The van der Waals surface area contributed by atoms with Crippen LogP contribution >= 0.6 is 0 Å². The Bertz CT molecular complexity index is 630. The molecule has 3 amide bonds. The first-order chi connectivity index (χ1) is 11.7. The summed E-state index contributed by atoms with van der Waals surface area (Å²) >= 11 is 0. The molecular weight excluding hydrogens is 343 g/mol. The van der Waals surface area contributed by atoms with Crippen LogP contribution in [0.15, 0.2) is 22.8 Å². The molecule has 2 rings (SSSR count). The quantitative estimate of drug-likeness (QED) is 0.817. The second kappa shape index (κ2) is 7.58. The van der Waals surface area contributed by atoms with Gasteiger partial charge in [0.15, 0.2) is 0 Å². The van der Waals surface area contributed by atoms with Crippen molar-refractivity contribution in [2.24, 2.45) is 0 Å². The summed E-state index contributed by atoms with van der Waals surface area (Å²) in [5, 5.41) is 4.88. The third kappa shape index (κ3) is 4.74. The van der Waals surface area contributed by atoms with Crippen LogP contribution in [0.5, 0.6) is 0 Å². The largest absolute Gasteiger partial charge is 0.471 e.